The summed E-state index contributed by atoms with van der Waals surface area (Å²) in [6, 6.07) is 5.78. The summed E-state index contributed by atoms with van der Waals surface area (Å²) in [5.41, 5.74) is 0. The van der Waals surface area contributed by atoms with Crippen molar-refractivity contribution >= 4 is 5.91 Å². The van der Waals surface area contributed by atoms with Crippen LogP contribution < -0.4 is 4.74 Å². The molecule has 1 aliphatic heterocycles. The zero-order chi connectivity index (χ0) is 14.5. The molecule has 20 heavy (non-hydrogen) atoms. The summed E-state index contributed by atoms with van der Waals surface area (Å²) in [5, 5.41) is 9.08. The van der Waals surface area contributed by atoms with Crippen molar-refractivity contribution in [3.05, 3.63) is 30.1 Å². The van der Waals surface area contributed by atoms with Gasteiger partial charge in [-0.15, -0.1) is 0 Å². The number of rotatable bonds is 4. The number of benzene rings is 1. The third kappa shape index (κ3) is 3.70. The van der Waals surface area contributed by atoms with E-state index < -0.39 is 6.10 Å². The van der Waals surface area contributed by atoms with Gasteiger partial charge in [0.25, 0.3) is 5.91 Å². The molecule has 110 valence electrons. The molecule has 1 saturated heterocycles. The average Bonchev–Trinajstić information content (AvgIpc) is 2.46. The SMILES string of the molecule is CC(Oc1cccc(F)c1)C(=O)N1CCC(CO)CC1. The highest BCUT2D eigenvalue weighted by atomic mass is 19.1. The van der Waals surface area contributed by atoms with Gasteiger partial charge in [0.2, 0.25) is 0 Å². The number of aliphatic hydroxyl groups is 1. The van der Waals surface area contributed by atoms with Crippen molar-refractivity contribution in [1.82, 2.24) is 4.90 Å². The number of halogens is 1. The minimum Gasteiger partial charge on any atom is -0.481 e. The van der Waals surface area contributed by atoms with E-state index in [4.69, 9.17) is 9.84 Å². The first-order valence-corrected chi connectivity index (χ1v) is 6.92. The van der Waals surface area contributed by atoms with Gasteiger partial charge in [0.15, 0.2) is 6.10 Å². The largest absolute Gasteiger partial charge is 0.481 e. The van der Waals surface area contributed by atoms with E-state index in [2.05, 4.69) is 0 Å². The van der Waals surface area contributed by atoms with Gasteiger partial charge in [0.1, 0.15) is 11.6 Å². The molecule has 1 unspecified atom stereocenters. The first-order chi connectivity index (χ1) is 9.60. The standard InChI is InChI=1S/C15H20FNO3/c1-11(20-14-4-2-3-13(16)9-14)15(19)17-7-5-12(10-18)6-8-17/h2-4,9,11-12,18H,5-8,10H2,1H3. The van der Waals surface area contributed by atoms with Crippen LogP contribution >= 0.6 is 0 Å². The van der Waals surface area contributed by atoms with E-state index in [-0.39, 0.29) is 18.3 Å². The lowest BCUT2D eigenvalue weighted by atomic mass is 9.97. The van der Waals surface area contributed by atoms with Crippen molar-refractivity contribution < 1.29 is 19.0 Å². The third-order valence-corrected chi connectivity index (χ3v) is 3.64. The summed E-state index contributed by atoms with van der Waals surface area (Å²) in [5.74, 6) is 0.172. The number of hydrogen-bond acceptors (Lipinski definition) is 3. The highest BCUT2D eigenvalue weighted by molar-refractivity contribution is 5.81. The fourth-order valence-electron chi connectivity index (χ4n) is 2.39. The molecular formula is C15H20FNO3. The number of amides is 1. The maximum atomic E-state index is 13.1. The molecule has 0 aliphatic carbocycles. The molecule has 0 spiro atoms. The molecule has 1 amide bonds. The van der Waals surface area contributed by atoms with E-state index in [0.29, 0.717) is 24.8 Å². The molecule has 1 aliphatic rings. The topological polar surface area (TPSA) is 49.8 Å². The van der Waals surface area contributed by atoms with Crippen molar-refractivity contribution in [1.29, 1.82) is 0 Å². The van der Waals surface area contributed by atoms with Gasteiger partial charge in [-0.2, -0.15) is 0 Å². The molecule has 4 nitrogen and oxygen atoms in total. The highest BCUT2D eigenvalue weighted by Gasteiger charge is 2.26. The monoisotopic (exact) mass is 281 g/mol. The number of hydrogen-bond donors (Lipinski definition) is 1. The molecular weight excluding hydrogens is 261 g/mol. The Kier molecular flexibility index (Phi) is 4.95. The zero-order valence-electron chi connectivity index (χ0n) is 11.6. The van der Waals surface area contributed by atoms with Gasteiger partial charge in [-0.1, -0.05) is 6.07 Å². The number of carbonyl (C=O) groups excluding carboxylic acids is 1. The van der Waals surface area contributed by atoms with Crippen molar-refractivity contribution in [3.8, 4) is 5.75 Å². The number of carbonyl (C=O) groups is 1. The lowest BCUT2D eigenvalue weighted by Gasteiger charge is -2.32. The second-order valence-electron chi connectivity index (χ2n) is 5.17. The van der Waals surface area contributed by atoms with Gasteiger partial charge in [-0.3, -0.25) is 4.79 Å². The van der Waals surface area contributed by atoms with Crippen LogP contribution in [0.25, 0.3) is 0 Å². The number of likely N-dealkylation sites (tertiary alicyclic amines) is 1. The van der Waals surface area contributed by atoms with Gasteiger partial charge in [-0.25, -0.2) is 4.39 Å². The summed E-state index contributed by atoms with van der Waals surface area (Å²) in [4.78, 5) is 14.0. The van der Waals surface area contributed by atoms with Crippen molar-refractivity contribution in [2.24, 2.45) is 5.92 Å². The summed E-state index contributed by atoms with van der Waals surface area (Å²) >= 11 is 0. The first kappa shape index (κ1) is 14.8. The molecule has 5 heteroatoms. The summed E-state index contributed by atoms with van der Waals surface area (Å²) in [6.45, 7) is 3.13. The minimum atomic E-state index is -0.637. The number of ether oxygens (including phenoxy) is 1. The van der Waals surface area contributed by atoms with Gasteiger partial charge < -0.3 is 14.7 Å². The van der Waals surface area contributed by atoms with E-state index >= 15 is 0 Å². The average molecular weight is 281 g/mol. The molecule has 1 fully saturated rings. The molecule has 0 bridgehead atoms. The summed E-state index contributed by atoms with van der Waals surface area (Å²) in [6.07, 6.45) is 0.992. The Balaban J connectivity index is 1.89. The van der Waals surface area contributed by atoms with E-state index in [1.54, 1.807) is 24.0 Å². The second kappa shape index (κ2) is 6.70. The van der Waals surface area contributed by atoms with Crippen LogP contribution in [-0.2, 0) is 4.79 Å². The fourth-order valence-corrected chi connectivity index (χ4v) is 2.39. The zero-order valence-corrected chi connectivity index (χ0v) is 11.6. The lowest BCUT2D eigenvalue weighted by molar-refractivity contribution is -0.139. The summed E-state index contributed by atoms with van der Waals surface area (Å²) < 4.78 is 18.5. The molecule has 0 saturated carbocycles. The minimum absolute atomic E-state index is 0.0920. The van der Waals surface area contributed by atoms with Crippen LogP contribution in [0.1, 0.15) is 19.8 Å². The maximum absolute atomic E-state index is 13.1. The Bertz CT molecular complexity index is 458. The molecule has 1 aromatic carbocycles. The predicted molar refractivity (Wildman–Crippen MR) is 72.9 cm³/mol. The van der Waals surface area contributed by atoms with Crippen LogP contribution in [0.5, 0.6) is 5.75 Å². The number of piperidine rings is 1. The molecule has 1 aromatic rings. The van der Waals surface area contributed by atoms with Gasteiger partial charge in [0.05, 0.1) is 0 Å². The number of nitrogens with zero attached hydrogens (tertiary/aromatic N) is 1. The maximum Gasteiger partial charge on any atom is 0.263 e. The Morgan fingerprint density at radius 1 is 1.50 bits per heavy atom. The lowest BCUT2D eigenvalue weighted by Crippen LogP contribution is -2.45. The quantitative estimate of drug-likeness (QED) is 0.916. The Morgan fingerprint density at radius 3 is 2.80 bits per heavy atom. The number of aliphatic hydroxyl groups excluding tert-OH is 1. The highest BCUT2D eigenvalue weighted by Crippen LogP contribution is 2.19. The van der Waals surface area contributed by atoms with Crippen molar-refractivity contribution in [2.75, 3.05) is 19.7 Å². The van der Waals surface area contributed by atoms with Crippen LogP contribution in [-0.4, -0.2) is 41.7 Å². The van der Waals surface area contributed by atoms with Crippen molar-refractivity contribution in [3.63, 3.8) is 0 Å². The van der Waals surface area contributed by atoms with Crippen molar-refractivity contribution in [2.45, 2.75) is 25.9 Å². The van der Waals surface area contributed by atoms with E-state index in [1.807, 2.05) is 0 Å². The van der Waals surface area contributed by atoms with Gasteiger partial charge >= 0.3 is 0 Å². The van der Waals surface area contributed by atoms with E-state index in [9.17, 15) is 9.18 Å². The molecule has 2 rings (SSSR count). The van der Waals surface area contributed by atoms with Gasteiger partial charge in [-0.05, 0) is 37.8 Å². The van der Waals surface area contributed by atoms with Crippen LogP contribution in [0.3, 0.4) is 0 Å². The van der Waals surface area contributed by atoms with Gasteiger partial charge in [0, 0.05) is 25.8 Å². The van der Waals surface area contributed by atoms with Crippen LogP contribution in [0.2, 0.25) is 0 Å². The van der Waals surface area contributed by atoms with E-state index in [0.717, 1.165) is 12.8 Å². The molecule has 1 heterocycles. The molecule has 0 aromatic heterocycles. The summed E-state index contributed by atoms with van der Waals surface area (Å²) in [7, 11) is 0. The second-order valence-corrected chi connectivity index (χ2v) is 5.17. The Hall–Kier alpha value is -1.62. The predicted octanol–water partition coefficient (Wildman–Crippen LogP) is 1.82. The molecule has 1 atom stereocenters. The van der Waals surface area contributed by atoms with E-state index in [1.165, 1.54) is 12.1 Å². The Morgan fingerprint density at radius 2 is 2.20 bits per heavy atom. The van der Waals surface area contributed by atoms with Crippen LogP contribution in [0.4, 0.5) is 4.39 Å². The molecule has 1 N–H and O–H groups in total. The van der Waals surface area contributed by atoms with Crippen LogP contribution in [0.15, 0.2) is 24.3 Å². The Labute approximate surface area is 118 Å². The third-order valence-electron chi connectivity index (χ3n) is 3.64. The molecule has 0 radical (unpaired) electrons. The first-order valence-electron chi connectivity index (χ1n) is 6.92. The smallest absolute Gasteiger partial charge is 0.263 e. The van der Waals surface area contributed by atoms with Crippen LogP contribution in [0, 0.1) is 11.7 Å². The normalized spacial score (nSPS) is 17.9. The fraction of sp³-hybridized carbons (Fsp3) is 0.533.